The number of rotatable bonds is 12. The molecule has 0 aliphatic rings. The van der Waals surface area contributed by atoms with Crippen LogP contribution in [0.15, 0.2) is 30.3 Å². The summed E-state index contributed by atoms with van der Waals surface area (Å²) in [6.07, 6.45) is -8.30. The first-order chi connectivity index (χ1) is 14.4. The summed E-state index contributed by atoms with van der Waals surface area (Å²) in [7, 11) is 0. The van der Waals surface area contributed by atoms with Gasteiger partial charge in [-0.25, -0.2) is 14.4 Å². The van der Waals surface area contributed by atoms with Crippen molar-refractivity contribution in [1.82, 2.24) is 0 Å². The molecule has 0 bridgehead atoms. The minimum Gasteiger partial charge on any atom is -0.481 e. The van der Waals surface area contributed by atoms with Gasteiger partial charge < -0.3 is 35.0 Å². The minimum absolute atomic E-state index is 0.0166. The molecule has 0 aromatic heterocycles. The molecule has 0 radical (unpaired) electrons. The van der Waals surface area contributed by atoms with Crippen molar-refractivity contribution in [2.24, 2.45) is 0 Å². The van der Waals surface area contributed by atoms with Gasteiger partial charge in [0, 0.05) is 0 Å². The molecular weight excluding hydrogens is 424 g/mol. The summed E-state index contributed by atoms with van der Waals surface area (Å²) in [6.45, 7) is 0. The van der Waals surface area contributed by atoms with Gasteiger partial charge in [-0.15, -0.1) is 0 Å². The number of benzene rings is 1. The molecule has 1 aromatic carbocycles. The molecule has 3 atom stereocenters. The number of esters is 2. The van der Waals surface area contributed by atoms with Crippen LogP contribution in [0.1, 0.15) is 30.9 Å². The quantitative estimate of drug-likeness (QED) is 0.256. The van der Waals surface area contributed by atoms with Crippen molar-refractivity contribution >= 4 is 35.8 Å². The highest BCUT2D eigenvalue weighted by molar-refractivity contribution is 5.92. The molecule has 0 spiro atoms. The van der Waals surface area contributed by atoms with Crippen molar-refractivity contribution in [1.29, 1.82) is 0 Å². The second kappa shape index (κ2) is 10.7. The number of carbonyl (C=O) groups excluding carboxylic acids is 2. The van der Waals surface area contributed by atoms with Gasteiger partial charge in [0.25, 0.3) is 0 Å². The summed E-state index contributed by atoms with van der Waals surface area (Å²) in [5.41, 5.74) is -3.08. The predicted octanol–water partition coefficient (Wildman–Crippen LogP) is -0.577. The molecule has 5 N–H and O–H groups in total. The summed E-state index contributed by atoms with van der Waals surface area (Å²) < 4.78 is 9.09. The molecule has 1 aromatic rings. The average molecular weight is 442 g/mol. The molecule has 0 saturated carbocycles. The van der Waals surface area contributed by atoms with E-state index >= 15 is 0 Å². The smallest absolute Gasteiger partial charge is 0.349 e. The molecule has 0 aliphatic heterocycles. The number of hydrogen-bond donors (Lipinski definition) is 5. The van der Waals surface area contributed by atoms with Crippen LogP contribution in [0.25, 0.3) is 0 Å². The fraction of sp³-hybridized carbons (Fsp3) is 0.333. The normalized spacial score (nSPS) is 14.4. The summed E-state index contributed by atoms with van der Waals surface area (Å²) >= 11 is 0. The monoisotopic (exact) mass is 442 g/mol. The van der Waals surface area contributed by atoms with Gasteiger partial charge in [-0.2, -0.15) is 0 Å². The van der Waals surface area contributed by atoms with Crippen molar-refractivity contribution in [2.45, 2.75) is 37.1 Å². The summed E-state index contributed by atoms with van der Waals surface area (Å²) in [5.74, 6) is -10.6. The molecule has 0 heterocycles. The first-order valence-electron chi connectivity index (χ1n) is 8.43. The van der Waals surface area contributed by atoms with Crippen LogP contribution in [-0.4, -0.2) is 73.1 Å². The average Bonchev–Trinajstić information content (AvgIpc) is 2.66. The Balaban J connectivity index is 3.14. The number of aliphatic carboxylic acids is 4. The van der Waals surface area contributed by atoms with E-state index in [1.54, 1.807) is 6.07 Å². The number of hydrogen-bond acceptors (Lipinski definition) is 9. The SMILES string of the molecule is O=C(O)CC(OC(=O)CC(CC(=O)O)(OC(=O)C(O)c1ccccc1)C(=O)O)C(=O)O. The van der Waals surface area contributed by atoms with Crippen molar-refractivity contribution in [3.63, 3.8) is 0 Å². The number of carboxylic acid groups (broad SMARTS) is 4. The third-order valence-electron chi connectivity index (χ3n) is 3.80. The minimum atomic E-state index is -3.07. The molecular formula is C18H18O13. The molecule has 0 saturated heterocycles. The molecule has 13 heteroatoms. The molecule has 168 valence electrons. The van der Waals surface area contributed by atoms with Crippen LogP contribution >= 0.6 is 0 Å². The Morgan fingerprint density at radius 1 is 0.871 bits per heavy atom. The van der Waals surface area contributed by atoms with Crippen LogP contribution in [0.4, 0.5) is 0 Å². The van der Waals surface area contributed by atoms with Gasteiger partial charge in [0.05, 0.1) is 19.3 Å². The highest BCUT2D eigenvalue weighted by Crippen LogP contribution is 2.27. The first kappa shape index (κ1) is 25.0. The maximum atomic E-state index is 12.3. The van der Waals surface area contributed by atoms with Crippen LogP contribution in [0, 0.1) is 0 Å². The van der Waals surface area contributed by atoms with Crippen molar-refractivity contribution < 1.29 is 63.8 Å². The van der Waals surface area contributed by atoms with Crippen molar-refractivity contribution in [3.8, 4) is 0 Å². The summed E-state index contributed by atoms with van der Waals surface area (Å²) in [4.78, 5) is 68.9. The molecule has 0 amide bonds. The Bertz CT molecular complexity index is 862. The van der Waals surface area contributed by atoms with Gasteiger partial charge in [0.2, 0.25) is 11.7 Å². The Morgan fingerprint density at radius 3 is 1.90 bits per heavy atom. The number of ether oxygens (including phenoxy) is 2. The van der Waals surface area contributed by atoms with Gasteiger partial charge in [-0.1, -0.05) is 30.3 Å². The fourth-order valence-corrected chi connectivity index (χ4v) is 2.37. The van der Waals surface area contributed by atoms with E-state index in [0.29, 0.717) is 0 Å². The maximum absolute atomic E-state index is 12.3. The zero-order valence-corrected chi connectivity index (χ0v) is 15.7. The number of carboxylic acids is 4. The lowest BCUT2D eigenvalue weighted by molar-refractivity contribution is -0.193. The number of aliphatic hydroxyl groups excluding tert-OH is 1. The van der Waals surface area contributed by atoms with Gasteiger partial charge in [-0.05, 0) is 5.56 Å². The Labute approximate surface area is 173 Å². The van der Waals surface area contributed by atoms with Crippen LogP contribution < -0.4 is 0 Å². The second-order valence-electron chi connectivity index (χ2n) is 6.20. The molecule has 1 rings (SSSR count). The van der Waals surface area contributed by atoms with Crippen molar-refractivity contribution in [2.75, 3.05) is 0 Å². The molecule has 0 fully saturated rings. The fourth-order valence-electron chi connectivity index (χ4n) is 2.37. The van der Waals surface area contributed by atoms with E-state index in [4.69, 9.17) is 15.3 Å². The number of aliphatic hydroxyl groups is 1. The summed E-state index contributed by atoms with van der Waals surface area (Å²) in [6, 6.07) is 7.03. The molecule has 13 nitrogen and oxygen atoms in total. The zero-order valence-electron chi connectivity index (χ0n) is 15.7. The van der Waals surface area contributed by atoms with Gasteiger partial charge >= 0.3 is 35.8 Å². The van der Waals surface area contributed by atoms with Gasteiger partial charge in [0.1, 0.15) is 0 Å². The van der Waals surface area contributed by atoms with Crippen molar-refractivity contribution in [3.05, 3.63) is 35.9 Å². The predicted molar refractivity (Wildman–Crippen MR) is 94.5 cm³/mol. The standard InChI is InChI=1S/C18H18O13/c19-11(20)6-10(15(25)26)30-13(23)8-18(17(28)29,7-12(21)22)31-16(27)14(24)9-4-2-1-3-5-9/h1-5,10,14,24H,6-8H2,(H,19,20)(H,21,22)(H,25,26)(H,28,29). The lowest BCUT2D eigenvalue weighted by Gasteiger charge is -2.28. The lowest BCUT2D eigenvalue weighted by Crippen LogP contribution is -2.48. The molecule has 31 heavy (non-hydrogen) atoms. The van der Waals surface area contributed by atoms with E-state index < -0.39 is 72.9 Å². The number of carbonyl (C=O) groups is 6. The second-order valence-corrected chi connectivity index (χ2v) is 6.20. The topological polar surface area (TPSA) is 222 Å². The van der Waals surface area contributed by atoms with E-state index in [2.05, 4.69) is 9.47 Å². The van der Waals surface area contributed by atoms with Gasteiger partial charge in [-0.3, -0.25) is 14.4 Å². The third-order valence-corrected chi connectivity index (χ3v) is 3.80. The van der Waals surface area contributed by atoms with Crippen LogP contribution in [0.5, 0.6) is 0 Å². The Kier molecular flexibility index (Phi) is 8.63. The van der Waals surface area contributed by atoms with Gasteiger partial charge in [0.15, 0.2) is 6.10 Å². The zero-order chi connectivity index (χ0) is 23.8. The molecule has 0 aliphatic carbocycles. The van der Waals surface area contributed by atoms with Crippen LogP contribution in [-0.2, 0) is 38.2 Å². The van der Waals surface area contributed by atoms with Crippen LogP contribution in [0.3, 0.4) is 0 Å². The summed E-state index contributed by atoms with van der Waals surface area (Å²) in [5, 5.41) is 46.1. The van der Waals surface area contributed by atoms with E-state index in [0.717, 1.165) is 0 Å². The highest BCUT2D eigenvalue weighted by Gasteiger charge is 2.49. The Morgan fingerprint density at radius 2 is 1.45 bits per heavy atom. The Hall–Kier alpha value is -4.00. The van der Waals surface area contributed by atoms with E-state index in [9.17, 15) is 39.0 Å². The maximum Gasteiger partial charge on any atom is 0.349 e. The first-order valence-corrected chi connectivity index (χ1v) is 8.43. The largest absolute Gasteiger partial charge is 0.481 e. The van der Waals surface area contributed by atoms with Crippen LogP contribution in [0.2, 0.25) is 0 Å². The van der Waals surface area contributed by atoms with E-state index in [-0.39, 0.29) is 5.56 Å². The van der Waals surface area contributed by atoms with E-state index in [1.807, 2.05) is 0 Å². The molecule has 3 unspecified atom stereocenters. The third kappa shape index (κ3) is 7.40. The lowest BCUT2D eigenvalue weighted by atomic mass is 9.94. The highest BCUT2D eigenvalue weighted by atomic mass is 16.6. The van der Waals surface area contributed by atoms with E-state index in [1.165, 1.54) is 24.3 Å².